The minimum absolute atomic E-state index is 0.181. The Morgan fingerprint density at radius 1 is 1.07 bits per heavy atom. The molecule has 146 valence electrons. The molecule has 1 N–H and O–H groups in total. The zero-order valence-corrected chi connectivity index (χ0v) is 15.7. The molecule has 2 amide bonds. The normalized spacial score (nSPS) is 19.1. The number of nitrogens with zero attached hydrogens (tertiary/aromatic N) is 1. The maximum Gasteiger partial charge on any atom is 0.262 e. The average molecular weight is 390 g/mol. The van der Waals surface area contributed by atoms with Crippen molar-refractivity contribution in [2.45, 2.75) is 19.4 Å². The lowest BCUT2D eigenvalue weighted by atomic mass is 9.96. The van der Waals surface area contributed by atoms with Gasteiger partial charge in [0.1, 0.15) is 6.04 Å². The van der Waals surface area contributed by atoms with Gasteiger partial charge in [0, 0.05) is 23.9 Å². The van der Waals surface area contributed by atoms with E-state index in [-0.39, 0.29) is 12.6 Å². The number of hydrogen-bond donors (Lipinski definition) is 1. The van der Waals surface area contributed by atoms with Crippen molar-refractivity contribution in [1.29, 1.82) is 0 Å². The second kappa shape index (κ2) is 6.48. The van der Waals surface area contributed by atoms with Crippen molar-refractivity contribution in [3.05, 3.63) is 64.7 Å². The molecule has 0 bridgehead atoms. The second-order valence-electron chi connectivity index (χ2n) is 7.20. The molecule has 1 atom stereocenters. The maximum absolute atomic E-state index is 13.0. The molecule has 0 fully saturated rings. The summed E-state index contributed by atoms with van der Waals surface area (Å²) < 4.78 is 10.9. The standard InChI is InChI=1S/C22H18N2O5/c1-12(24-21(26)14-4-2-3-5-15(14)22(24)27)18(25)10-17-16-9-20-19(28-11-29-20)8-13(16)6-7-23-17/h2-5,8-10,12,23H,6-7,11H2,1H3/t12-/m0/s1. The Morgan fingerprint density at radius 3 is 2.41 bits per heavy atom. The van der Waals surface area contributed by atoms with Crippen LogP contribution < -0.4 is 14.8 Å². The van der Waals surface area contributed by atoms with Gasteiger partial charge in [-0.3, -0.25) is 19.3 Å². The highest BCUT2D eigenvalue weighted by atomic mass is 16.7. The lowest BCUT2D eigenvalue weighted by Crippen LogP contribution is -2.42. The Labute approximate surface area is 166 Å². The van der Waals surface area contributed by atoms with E-state index in [4.69, 9.17) is 9.47 Å². The van der Waals surface area contributed by atoms with E-state index in [1.54, 1.807) is 31.2 Å². The van der Waals surface area contributed by atoms with Gasteiger partial charge in [-0.05, 0) is 43.2 Å². The van der Waals surface area contributed by atoms with Gasteiger partial charge in [-0.15, -0.1) is 0 Å². The van der Waals surface area contributed by atoms with Crippen molar-refractivity contribution in [2.75, 3.05) is 13.3 Å². The molecule has 0 saturated heterocycles. The first kappa shape index (κ1) is 17.5. The third kappa shape index (κ3) is 2.69. The van der Waals surface area contributed by atoms with Gasteiger partial charge in [0.05, 0.1) is 11.1 Å². The van der Waals surface area contributed by atoms with Gasteiger partial charge >= 0.3 is 0 Å². The fraction of sp³-hybridized carbons (Fsp3) is 0.227. The Balaban J connectivity index is 1.45. The second-order valence-corrected chi connectivity index (χ2v) is 7.20. The van der Waals surface area contributed by atoms with Crippen LogP contribution in [0.1, 0.15) is 38.8 Å². The highest BCUT2D eigenvalue weighted by Gasteiger charge is 2.40. The van der Waals surface area contributed by atoms with Gasteiger partial charge in [0.2, 0.25) is 6.79 Å². The number of rotatable bonds is 3. The Bertz CT molecular complexity index is 1070. The summed E-state index contributed by atoms with van der Waals surface area (Å²) in [5.41, 5.74) is 3.24. The number of ether oxygens (including phenoxy) is 2. The Kier molecular flexibility index (Phi) is 3.91. The van der Waals surface area contributed by atoms with Gasteiger partial charge in [0.25, 0.3) is 11.8 Å². The zero-order chi connectivity index (χ0) is 20.1. The van der Waals surface area contributed by atoms with Crippen LogP contribution in [-0.2, 0) is 11.2 Å². The fourth-order valence-electron chi connectivity index (χ4n) is 3.95. The number of fused-ring (bicyclic) bond motifs is 3. The number of amides is 2. The van der Waals surface area contributed by atoms with Crippen LogP contribution in [0.15, 0.2) is 42.5 Å². The lowest BCUT2D eigenvalue weighted by Gasteiger charge is -2.23. The van der Waals surface area contributed by atoms with Crippen LogP contribution in [0, 0.1) is 0 Å². The third-order valence-electron chi connectivity index (χ3n) is 5.51. The summed E-state index contributed by atoms with van der Waals surface area (Å²) in [6.07, 6.45) is 2.26. The van der Waals surface area contributed by atoms with Crippen LogP contribution in [0.3, 0.4) is 0 Å². The van der Waals surface area contributed by atoms with Gasteiger partial charge < -0.3 is 14.8 Å². The van der Waals surface area contributed by atoms with Crippen molar-refractivity contribution in [3.63, 3.8) is 0 Å². The van der Waals surface area contributed by atoms with Gasteiger partial charge in [-0.25, -0.2) is 0 Å². The molecule has 2 aromatic carbocycles. The van der Waals surface area contributed by atoms with E-state index < -0.39 is 17.9 Å². The van der Waals surface area contributed by atoms with E-state index >= 15 is 0 Å². The molecular weight excluding hydrogens is 372 g/mol. The minimum Gasteiger partial charge on any atom is -0.454 e. The van der Waals surface area contributed by atoms with E-state index in [1.807, 2.05) is 12.1 Å². The topological polar surface area (TPSA) is 84.9 Å². The SMILES string of the molecule is C[C@@H](C(=O)C=C1NCCc2cc3c(cc21)OCO3)N1C(=O)c2ccccc2C1=O. The van der Waals surface area contributed by atoms with Crippen molar-refractivity contribution < 1.29 is 23.9 Å². The van der Waals surface area contributed by atoms with E-state index in [9.17, 15) is 14.4 Å². The molecule has 7 heteroatoms. The summed E-state index contributed by atoms with van der Waals surface area (Å²) in [7, 11) is 0. The van der Waals surface area contributed by atoms with Crippen LogP contribution in [-0.4, -0.2) is 41.9 Å². The number of carbonyl (C=O) groups is 3. The number of nitrogens with one attached hydrogen (secondary N) is 1. The summed E-state index contributed by atoms with van der Waals surface area (Å²) in [6.45, 7) is 2.43. The summed E-state index contributed by atoms with van der Waals surface area (Å²) in [5, 5.41) is 3.24. The predicted molar refractivity (Wildman–Crippen MR) is 104 cm³/mol. The summed E-state index contributed by atoms with van der Waals surface area (Å²) in [5.74, 6) is 0.137. The van der Waals surface area contributed by atoms with Crippen LogP contribution in [0.5, 0.6) is 11.5 Å². The molecular formula is C22H18N2O5. The van der Waals surface area contributed by atoms with E-state index in [0.29, 0.717) is 34.9 Å². The molecule has 7 nitrogen and oxygen atoms in total. The largest absolute Gasteiger partial charge is 0.454 e. The first-order valence-corrected chi connectivity index (χ1v) is 9.44. The minimum atomic E-state index is -0.906. The predicted octanol–water partition coefficient (Wildman–Crippen LogP) is 2.16. The quantitative estimate of drug-likeness (QED) is 0.639. The number of benzene rings is 2. The molecule has 0 spiro atoms. The number of imide groups is 1. The van der Waals surface area contributed by atoms with E-state index in [1.165, 1.54) is 6.08 Å². The third-order valence-corrected chi connectivity index (χ3v) is 5.51. The van der Waals surface area contributed by atoms with Crippen molar-refractivity contribution in [2.24, 2.45) is 0 Å². The Morgan fingerprint density at radius 2 is 1.72 bits per heavy atom. The molecule has 3 aliphatic heterocycles. The molecule has 5 rings (SSSR count). The molecule has 0 aliphatic carbocycles. The molecule has 2 aromatic rings. The lowest BCUT2D eigenvalue weighted by molar-refractivity contribution is -0.117. The first-order valence-electron chi connectivity index (χ1n) is 9.44. The molecule has 0 unspecified atom stereocenters. The number of hydrogen-bond acceptors (Lipinski definition) is 6. The van der Waals surface area contributed by atoms with Gasteiger partial charge in [0.15, 0.2) is 17.3 Å². The van der Waals surface area contributed by atoms with Crippen LogP contribution >= 0.6 is 0 Å². The maximum atomic E-state index is 13.0. The van der Waals surface area contributed by atoms with Crippen LogP contribution in [0.25, 0.3) is 5.70 Å². The van der Waals surface area contributed by atoms with E-state index in [0.717, 1.165) is 22.4 Å². The molecule has 3 aliphatic rings. The summed E-state index contributed by atoms with van der Waals surface area (Å²) >= 11 is 0. The summed E-state index contributed by atoms with van der Waals surface area (Å²) in [4.78, 5) is 39.3. The molecule has 0 saturated carbocycles. The average Bonchev–Trinajstić information content (AvgIpc) is 3.29. The highest BCUT2D eigenvalue weighted by Crippen LogP contribution is 2.38. The summed E-state index contributed by atoms with van der Waals surface area (Å²) in [6, 6.07) is 9.50. The fourth-order valence-corrected chi connectivity index (χ4v) is 3.95. The zero-order valence-electron chi connectivity index (χ0n) is 15.7. The molecule has 0 radical (unpaired) electrons. The first-order chi connectivity index (χ1) is 14.0. The van der Waals surface area contributed by atoms with Crippen LogP contribution in [0.4, 0.5) is 0 Å². The number of ketones is 1. The smallest absolute Gasteiger partial charge is 0.262 e. The van der Waals surface area contributed by atoms with Gasteiger partial charge in [-0.1, -0.05) is 12.1 Å². The van der Waals surface area contributed by atoms with Crippen LogP contribution in [0.2, 0.25) is 0 Å². The molecule has 0 aromatic heterocycles. The number of carbonyl (C=O) groups excluding carboxylic acids is 3. The monoisotopic (exact) mass is 390 g/mol. The Hall–Kier alpha value is -3.61. The highest BCUT2D eigenvalue weighted by molar-refractivity contribution is 6.23. The van der Waals surface area contributed by atoms with Crippen molar-refractivity contribution in [1.82, 2.24) is 10.2 Å². The van der Waals surface area contributed by atoms with E-state index in [2.05, 4.69) is 5.32 Å². The molecule has 29 heavy (non-hydrogen) atoms. The van der Waals surface area contributed by atoms with Crippen molar-refractivity contribution >= 4 is 23.3 Å². The molecule has 3 heterocycles. The van der Waals surface area contributed by atoms with Crippen molar-refractivity contribution in [3.8, 4) is 11.5 Å². The van der Waals surface area contributed by atoms with Gasteiger partial charge in [-0.2, -0.15) is 0 Å².